The zero-order chi connectivity index (χ0) is 13.0. The second-order valence-corrected chi connectivity index (χ2v) is 8.15. The van der Waals surface area contributed by atoms with Gasteiger partial charge in [0.25, 0.3) is 0 Å². The molecule has 0 heteroatoms. The number of fused-ring (bicyclic) bond motifs is 1. The first-order valence-electron chi connectivity index (χ1n) is 8.55. The Morgan fingerprint density at radius 2 is 1.84 bits per heavy atom. The summed E-state index contributed by atoms with van der Waals surface area (Å²) in [6, 6.07) is 0. The van der Waals surface area contributed by atoms with Gasteiger partial charge in [0, 0.05) is 0 Å². The average Bonchev–Trinajstić information content (AvgIpc) is 2.89. The van der Waals surface area contributed by atoms with Gasteiger partial charge in [0.15, 0.2) is 0 Å². The van der Waals surface area contributed by atoms with Crippen LogP contribution in [0.3, 0.4) is 0 Å². The molecule has 0 aromatic heterocycles. The predicted molar refractivity (Wildman–Crippen MR) is 80.8 cm³/mol. The van der Waals surface area contributed by atoms with E-state index in [1.54, 1.807) is 11.1 Å². The fourth-order valence-corrected chi connectivity index (χ4v) is 6.00. The molecule has 19 heavy (non-hydrogen) atoms. The van der Waals surface area contributed by atoms with Crippen LogP contribution in [0, 0.1) is 29.1 Å². The quantitative estimate of drug-likeness (QED) is 0.543. The molecule has 3 saturated carbocycles. The molecule has 4 unspecified atom stereocenters. The summed E-state index contributed by atoms with van der Waals surface area (Å²) in [5, 5.41) is 0. The van der Waals surface area contributed by atoms with Gasteiger partial charge in [0.1, 0.15) is 0 Å². The molecular formula is C19H28. The monoisotopic (exact) mass is 256 g/mol. The minimum absolute atomic E-state index is 0.519. The van der Waals surface area contributed by atoms with Crippen LogP contribution in [0.15, 0.2) is 23.8 Å². The van der Waals surface area contributed by atoms with E-state index in [0.717, 1.165) is 23.7 Å². The van der Waals surface area contributed by atoms with E-state index in [9.17, 15) is 0 Å². The normalized spacial score (nSPS) is 46.3. The van der Waals surface area contributed by atoms with Crippen LogP contribution in [0.4, 0.5) is 0 Å². The Labute approximate surface area is 118 Å². The van der Waals surface area contributed by atoms with E-state index >= 15 is 0 Å². The van der Waals surface area contributed by atoms with Gasteiger partial charge in [0.05, 0.1) is 0 Å². The maximum Gasteiger partial charge on any atom is -0.0105 e. The minimum atomic E-state index is 0.519. The largest absolute Gasteiger partial charge is 0.0992 e. The lowest BCUT2D eigenvalue weighted by molar-refractivity contribution is 0.154. The van der Waals surface area contributed by atoms with E-state index in [1.165, 1.54) is 57.8 Å². The smallest absolute Gasteiger partial charge is 0.0105 e. The van der Waals surface area contributed by atoms with Gasteiger partial charge in [-0.25, -0.2) is 0 Å². The van der Waals surface area contributed by atoms with Gasteiger partial charge in [-0.15, -0.1) is 0 Å². The van der Waals surface area contributed by atoms with Crippen LogP contribution >= 0.6 is 0 Å². The molecular weight excluding hydrogens is 228 g/mol. The summed E-state index contributed by atoms with van der Waals surface area (Å²) in [7, 11) is 0. The third-order valence-corrected chi connectivity index (χ3v) is 6.87. The molecule has 0 saturated heterocycles. The molecule has 2 bridgehead atoms. The second-order valence-electron chi connectivity index (χ2n) is 8.15. The molecule has 4 rings (SSSR count). The summed E-state index contributed by atoms with van der Waals surface area (Å²) in [6.45, 7) is 6.97. The highest BCUT2D eigenvalue weighted by Crippen LogP contribution is 2.59. The summed E-state index contributed by atoms with van der Waals surface area (Å²) < 4.78 is 0. The van der Waals surface area contributed by atoms with Gasteiger partial charge in [0.2, 0.25) is 0 Å². The lowest BCUT2D eigenvalue weighted by atomic mass is 9.65. The Morgan fingerprint density at radius 3 is 2.63 bits per heavy atom. The highest BCUT2D eigenvalue weighted by Gasteiger charge is 2.48. The zero-order valence-corrected chi connectivity index (χ0v) is 12.5. The predicted octanol–water partition coefficient (Wildman–Crippen LogP) is 5.51. The lowest BCUT2D eigenvalue weighted by Gasteiger charge is -2.40. The van der Waals surface area contributed by atoms with Gasteiger partial charge >= 0.3 is 0 Å². The fourth-order valence-electron chi connectivity index (χ4n) is 6.00. The second kappa shape index (κ2) is 4.24. The molecule has 0 aliphatic heterocycles. The van der Waals surface area contributed by atoms with Crippen molar-refractivity contribution < 1.29 is 0 Å². The van der Waals surface area contributed by atoms with Gasteiger partial charge in [-0.3, -0.25) is 0 Å². The maximum absolute atomic E-state index is 4.38. The number of rotatable bonds is 1. The zero-order valence-electron chi connectivity index (χ0n) is 12.5. The van der Waals surface area contributed by atoms with Crippen LogP contribution in [0.1, 0.15) is 64.7 Å². The summed E-state index contributed by atoms with van der Waals surface area (Å²) in [5.74, 6) is 3.74. The molecule has 3 fully saturated rings. The lowest BCUT2D eigenvalue weighted by Crippen LogP contribution is -2.29. The molecule has 0 heterocycles. The molecule has 4 aliphatic rings. The molecule has 0 radical (unpaired) electrons. The first-order chi connectivity index (χ1) is 9.16. The van der Waals surface area contributed by atoms with Crippen LogP contribution in [0.2, 0.25) is 0 Å². The van der Waals surface area contributed by atoms with Gasteiger partial charge < -0.3 is 0 Å². The van der Waals surface area contributed by atoms with Crippen LogP contribution < -0.4 is 0 Å². The molecule has 0 spiro atoms. The van der Waals surface area contributed by atoms with Gasteiger partial charge in [-0.2, -0.15) is 0 Å². The van der Waals surface area contributed by atoms with Crippen molar-refractivity contribution in [1.82, 2.24) is 0 Å². The Bertz CT molecular complexity index is 421. The van der Waals surface area contributed by atoms with E-state index in [4.69, 9.17) is 0 Å². The third kappa shape index (κ3) is 1.86. The van der Waals surface area contributed by atoms with Crippen molar-refractivity contribution in [3.05, 3.63) is 23.8 Å². The molecule has 4 atom stereocenters. The Balaban J connectivity index is 1.68. The van der Waals surface area contributed by atoms with E-state index < -0.39 is 0 Å². The van der Waals surface area contributed by atoms with Crippen molar-refractivity contribution in [3.63, 3.8) is 0 Å². The van der Waals surface area contributed by atoms with Crippen molar-refractivity contribution in [2.75, 3.05) is 0 Å². The number of hydrogen-bond donors (Lipinski definition) is 0. The van der Waals surface area contributed by atoms with Crippen LogP contribution in [0.25, 0.3) is 0 Å². The molecule has 0 N–H and O–H groups in total. The van der Waals surface area contributed by atoms with Crippen molar-refractivity contribution in [2.45, 2.75) is 64.7 Å². The first-order valence-corrected chi connectivity index (χ1v) is 8.55. The Morgan fingerprint density at radius 1 is 1.11 bits per heavy atom. The van der Waals surface area contributed by atoms with E-state index in [-0.39, 0.29) is 0 Å². The van der Waals surface area contributed by atoms with Crippen LogP contribution in [-0.4, -0.2) is 0 Å². The van der Waals surface area contributed by atoms with Crippen molar-refractivity contribution in [2.24, 2.45) is 29.1 Å². The Hall–Kier alpha value is -0.520. The van der Waals surface area contributed by atoms with E-state index in [2.05, 4.69) is 19.6 Å². The molecule has 0 aromatic carbocycles. The SMILES string of the molecule is C=C1CC2=CC(C)(C3CCCCC3)CC3CC1C2C3. The highest BCUT2D eigenvalue weighted by molar-refractivity contribution is 5.34. The fraction of sp³-hybridized carbons (Fsp3) is 0.789. The minimum Gasteiger partial charge on any atom is -0.0992 e. The molecule has 4 aliphatic carbocycles. The van der Waals surface area contributed by atoms with E-state index in [0.29, 0.717) is 5.41 Å². The number of hydrogen-bond acceptors (Lipinski definition) is 0. The summed E-state index contributed by atoms with van der Waals surface area (Å²) in [4.78, 5) is 0. The van der Waals surface area contributed by atoms with Crippen molar-refractivity contribution >= 4 is 0 Å². The topological polar surface area (TPSA) is 0 Å². The molecule has 0 nitrogen and oxygen atoms in total. The van der Waals surface area contributed by atoms with E-state index in [1.807, 2.05) is 0 Å². The molecule has 104 valence electrons. The van der Waals surface area contributed by atoms with Crippen LogP contribution in [-0.2, 0) is 0 Å². The number of allylic oxidation sites excluding steroid dienone is 3. The molecule has 0 amide bonds. The molecule has 0 aromatic rings. The average molecular weight is 256 g/mol. The van der Waals surface area contributed by atoms with Gasteiger partial charge in [-0.05, 0) is 67.6 Å². The van der Waals surface area contributed by atoms with Crippen molar-refractivity contribution in [3.8, 4) is 0 Å². The first kappa shape index (κ1) is 12.2. The van der Waals surface area contributed by atoms with Crippen molar-refractivity contribution in [1.29, 1.82) is 0 Å². The van der Waals surface area contributed by atoms with Crippen LogP contribution in [0.5, 0.6) is 0 Å². The Kier molecular flexibility index (Phi) is 2.73. The summed E-state index contributed by atoms with van der Waals surface area (Å²) in [6.07, 6.45) is 15.8. The standard InChI is InChI=1S/C19H28/c1-13-8-15-12-19(2,16-6-4-3-5-7-16)11-14-9-17(13)18(15)10-14/h12,14,16-18H,1,3-11H2,2H3. The summed E-state index contributed by atoms with van der Waals surface area (Å²) in [5.41, 5.74) is 3.87. The summed E-state index contributed by atoms with van der Waals surface area (Å²) >= 11 is 0. The van der Waals surface area contributed by atoms with Gasteiger partial charge in [-0.1, -0.05) is 50.0 Å². The highest BCUT2D eigenvalue weighted by atomic mass is 14.5. The maximum atomic E-state index is 4.38. The third-order valence-electron chi connectivity index (χ3n) is 6.87.